The minimum Gasteiger partial charge on any atom is -0.462 e. The van der Waals surface area contributed by atoms with E-state index >= 15 is 0 Å². The van der Waals surface area contributed by atoms with Crippen LogP contribution in [-0.4, -0.2) is 96.7 Å². The molecule has 0 saturated heterocycles. The number of ether oxygens (including phenoxy) is 4. The van der Waals surface area contributed by atoms with Crippen molar-refractivity contribution in [3.05, 3.63) is 0 Å². The van der Waals surface area contributed by atoms with Gasteiger partial charge in [-0.25, -0.2) is 9.13 Å². The third kappa shape index (κ3) is 66.5. The molecule has 5 atom stereocenters. The number of unbranched alkanes of at least 4 members (excludes halogenated alkanes) is 41. The van der Waals surface area contributed by atoms with Gasteiger partial charge < -0.3 is 33.8 Å². The smallest absolute Gasteiger partial charge is 0.462 e. The van der Waals surface area contributed by atoms with Gasteiger partial charge in [0.25, 0.3) is 0 Å². The maximum Gasteiger partial charge on any atom is 0.472 e. The van der Waals surface area contributed by atoms with Crippen LogP contribution >= 0.6 is 15.6 Å². The van der Waals surface area contributed by atoms with Gasteiger partial charge >= 0.3 is 39.5 Å². The van der Waals surface area contributed by atoms with Crippen LogP contribution in [0.2, 0.25) is 0 Å². The molecule has 0 radical (unpaired) electrons. The third-order valence-electron chi connectivity index (χ3n) is 16.7. The van der Waals surface area contributed by atoms with Crippen LogP contribution in [0.3, 0.4) is 0 Å². The minimum atomic E-state index is -4.95. The van der Waals surface area contributed by atoms with Crippen molar-refractivity contribution in [2.24, 2.45) is 11.8 Å². The molecule has 0 amide bonds. The zero-order chi connectivity index (χ0) is 67.2. The maximum absolute atomic E-state index is 13.0. The first-order valence-corrected chi connectivity index (χ1v) is 40.5. The fourth-order valence-corrected chi connectivity index (χ4v) is 12.5. The minimum absolute atomic E-state index is 0.107. The predicted molar refractivity (Wildman–Crippen MR) is 368 cm³/mol. The summed E-state index contributed by atoms with van der Waals surface area (Å²) in [6.45, 7) is 9.57. The van der Waals surface area contributed by atoms with E-state index in [1.54, 1.807) is 0 Å². The molecule has 3 N–H and O–H groups in total. The van der Waals surface area contributed by atoms with E-state index in [9.17, 15) is 43.2 Å². The second-order valence-electron chi connectivity index (χ2n) is 26.9. The number of phosphoric acid groups is 2. The molecule has 0 aliphatic heterocycles. The summed E-state index contributed by atoms with van der Waals surface area (Å²) in [6.07, 6.45) is 49.9. The molecule has 2 unspecified atom stereocenters. The maximum atomic E-state index is 13.0. The summed E-state index contributed by atoms with van der Waals surface area (Å²) in [6, 6.07) is 0. The zero-order valence-corrected chi connectivity index (χ0v) is 60.9. The largest absolute Gasteiger partial charge is 0.472 e. The van der Waals surface area contributed by atoms with Gasteiger partial charge in [0.05, 0.1) is 26.4 Å². The molecule has 0 aromatic heterocycles. The van der Waals surface area contributed by atoms with Crippen LogP contribution in [-0.2, 0) is 65.4 Å². The first-order chi connectivity index (χ1) is 43.9. The molecule has 0 aliphatic rings. The molecule has 0 aromatic carbocycles. The van der Waals surface area contributed by atoms with Crippen molar-refractivity contribution in [1.82, 2.24) is 0 Å². The highest BCUT2D eigenvalue weighted by molar-refractivity contribution is 7.47. The number of hydrogen-bond acceptors (Lipinski definition) is 15. The molecular weight excluding hydrogens is 1200 g/mol. The van der Waals surface area contributed by atoms with E-state index in [4.69, 9.17) is 37.0 Å². The van der Waals surface area contributed by atoms with Gasteiger partial charge in [0.1, 0.15) is 19.3 Å². The SMILES string of the molecule is CCCCCCCCCCCCCC(=O)O[C@H](COC(=O)CCCCCCCCCC)COP(=O)(O)OC[C@H](O)COP(=O)(O)OC[C@@H](COC(=O)CCCCCCCCCCCCCC(C)C)OC(=O)CCCCCCCCCCCCCCCCCC(C)C. The molecule has 0 aromatic rings. The van der Waals surface area contributed by atoms with Crippen molar-refractivity contribution in [3.63, 3.8) is 0 Å². The van der Waals surface area contributed by atoms with Gasteiger partial charge in [-0.15, -0.1) is 0 Å². The van der Waals surface area contributed by atoms with Gasteiger partial charge in [-0.2, -0.15) is 0 Å². The first-order valence-electron chi connectivity index (χ1n) is 37.5. The van der Waals surface area contributed by atoms with Crippen molar-refractivity contribution in [1.29, 1.82) is 0 Å². The second-order valence-corrected chi connectivity index (χ2v) is 29.8. The number of hydrogen-bond donors (Lipinski definition) is 3. The highest BCUT2D eigenvalue weighted by Gasteiger charge is 2.30. The molecule has 19 heteroatoms. The molecule has 0 saturated carbocycles. The van der Waals surface area contributed by atoms with Gasteiger partial charge in [-0.3, -0.25) is 37.3 Å². The Kier molecular flexibility index (Phi) is 62.7. The Hall–Kier alpha value is -1.94. The predicted octanol–water partition coefficient (Wildman–Crippen LogP) is 20.8. The lowest BCUT2D eigenvalue weighted by atomic mass is 10.0. The molecule has 17 nitrogen and oxygen atoms in total. The normalized spacial score (nSPS) is 14.1. The Balaban J connectivity index is 5.21. The van der Waals surface area contributed by atoms with Gasteiger partial charge in [-0.1, -0.05) is 318 Å². The third-order valence-corrected chi connectivity index (χ3v) is 18.6. The summed E-state index contributed by atoms with van der Waals surface area (Å²) in [4.78, 5) is 72.5. The van der Waals surface area contributed by atoms with E-state index in [1.807, 2.05) is 0 Å². The number of carbonyl (C=O) groups excluding carboxylic acids is 4. The van der Waals surface area contributed by atoms with E-state index in [0.29, 0.717) is 25.7 Å². The highest BCUT2D eigenvalue weighted by atomic mass is 31.2. The van der Waals surface area contributed by atoms with Gasteiger partial charge in [0.2, 0.25) is 0 Å². The van der Waals surface area contributed by atoms with Crippen LogP contribution in [0, 0.1) is 11.8 Å². The van der Waals surface area contributed by atoms with E-state index < -0.39 is 97.5 Å². The Morgan fingerprint density at radius 1 is 0.297 bits per heavy atom. The quantitative estimate of drug-likeness (QED) is 0.0222. The van der Waals surface area contributed by atoms with Crippen LogP contribution < -0.4 is 0 Å². The molecular formula is C72H140O17P2. The summed E-state index contributed by atoms with van der Waals surface area (Å²) in [5.74, 6) is -0.549. The van der Waals surface area contributed by atoms with E-state index in [-0.39, 0.29) is 25.7 Å². The Labute approximate surface area is 556 Å². The highest BCUT2D eigenvalue weighted by Crippen LogP contribution is 2.45. The number of aliphatic hydroxyl groups excluding tert-OH is 1. The lowest BCUT2D eigenvalue weighted by Crippen LogP contribution is -2.30. The summed E-state index contributed by atoms with van der Waals surface area (Å²) < 4.78 is 68.3. The standard InChI is InChI=1S/C72H140O17P2/c1-7-9-11-13-15-17-24-32-38-44-50-56-71(76)88-67(60-82-69(74)54-48-42-36-16-14-12-10-8-2)62-86-90(78,79)84-58-66(73)59-85-91(80,81)87-63-68(61-83-70(75)55-49-43-37-31-28-23-26-30-35-41-47-53-65(5)6)89-72(77)57-51-45-39-33-27-22-20-18-19-21-25-29-34-40-46-52-64(3)4/h64-68,73H,7-63H2,1-6H3,(H,78,79)(H,80,81)/t66-,67+,68+/m0/s1. The van der Waals surface area contributed by atoms with Gasteiger partial charge in [0.15, 0.2) is 12.2 Å². The molecule has 0 aliphatic carbocycles. The van der Waals surface area contributed by atoms with Crippen LogP contribution in [0.25, 0.3) is 0 Å². The Bertz CT molecular complexity index is 1770. The first kappa shape index (κ1) is 89.1. The van der Waals surface area contributed by atoms with Crippen LogP contribution in [0.5, 0.6) is 0 Å². The summed E-state index contributed by atoms with van der Waals surface area (Å²) in [7, 11) is -9.90. The number of aliphatic hydroxyl groups is 1. The van der Waals surface area contributed by atoms with Crippen LogP contribution in [0.4, 0.5) is 0 Å². The molecule has 0 fully saturated rings. The average molecular weight is 1340 g/mol. The summed E-state index contributed by atoms with van der Waals surface area (Å²) >= 11 is 0. The number of esters is 4. The molecule has 0 rings (SSSR count). The molecule has 0 bridgehead atoms. The van der Waals surface area contributed by atoms with E-state index in [2.05, 4.69) is 41.5 Å². The topological polar surface area (TPSA) is 237 Å². The van der Waals surface area contributed by atoms with Crippen molar-refractivity contribution >= 4 is 39.5 Å². The monoisotopic (exact) mass is 1340 g/mol. The fourth-order valence-electron chi connectivity index (χ4n) is 10.9. The van der Waals surface area contributed by atoms with Gasteiger partial charge in [-0.05, 0) is 37.5 Å². The van der Waals surface area contributed by atoms with Crippen molar-refractivity contribution in [2.45, 2.75) is 387 Å². The number of rotatable bonds is 71. The Morgan fingerprint density at radius 3 is 0.747 bits per heavy atom. The average Bonchev–Trinajstić information content (AvgIpc) is 3.36. The summed E-state index contributed by atoms with van der Waals surface area (Å²) in [5, 5.41) is 10.6. The number of phosphoric ester groups is 2. The lowest BCUT2D eigenvalue weighted by molar-refractivity contribution is -0.161. The number of carbonyl (C=O) groups is 4. The fraction of sp³-hybridized carbons (Fsp3) is 0.944. The van der Waals surface area contributed by atoms with Crippen molar-refractivity contribution in [2.75, 3.05) is 39.6 Å². The van der Waals surface area contributed by atoms with Crippen molar-refractivity contribution in [3.8, 4) is 0 Å². The Morgan fingerprint density at radius 2 is 0.505 bits per heavy atom. The van der Waals surface area contributed by atoms with Crippen LogP contribution in [0.1, 0.15) is 369 Å². The molecule has 91 heavy (non-hydrogen) atoms. The molecule has 0 heterocycles. The lowest BCUT2D eigenvalue weighted by Gasteiger charge is -2.21. The van der Waals surface area contributed by atoms with Gasteiger partial charge in [0, 0.05) is 25.7 Å². The summed E-state index contributed by atoms with van der Waals surface area (Å²) in [5.41, 5.74) is 0. The molecule has 540 valence electrons. The van der Waals surface area contributed by atoms with E-state index in [0.717, 1.165) is 108 Å². The second kappa shape index (κ2) is 64.1. The molecule has 0 spiro atoms. The van der Waals surface area contributed by atoms with Crippen molar-refractivity contribution < 1.29 is 80.2 Å². The zero-order valence-electron chi connectivity index (χ0n) is 59.1. The van der Waals surface area contributed by atoms with E-state index in [1.165, 1.54) is 180 Å². The van der Waals surface area contributed by atoms with Crippen LogP contribution in [0.15, 0.2) is 0 Å².